The number of ether oxygens (including phenoxy) is 5. The van der Waals surface area contributed by atoms with Crippen LogP contribution in [0.3, 0.4) is 0 Å². The summed E-state index contributed by atoms with van der Waals surface area (Å²) in [5, 5.41) is 0. The molecule has 2 aromatic rings. The van der Waals surface area contributed by atoms with Crippen molar-refractivity contribution in [2.45, 2.75) is 78.8 Å². The summed E-state index contributed by atoms with van der Waals surface area (Å²) >= 11 is 0. The zero-order chi connectivity index (χ0) is 32.1. The molecular formula is C28H35N5O11. The highest BCUT2D eigenvalue weighted by atomic mass is 16.7. The highest BCUT2D eigenvalue weighted by Crippen LogP contribution is 2.31. The number of aryl methyl sites for hydroxylation is 1. The van der Waals surface area contributed by atoms with E-state index in [0.717, 1.165) is 4.57 Å². The van der Waals surface area contributed by atoms with Gasteiger partial charge in [0.25, 0.3) is 5.56 Å². The van der Waals surface area contributed by atoms with Crippen LogP contribution < -0.4 is 11.2 Å². The summed E-state index contributed by atoms with van der Waals surface area (Å²) in [7, 11) is 0. The number of esters is 4. The first kappa shape index (κ1) is 32.2. The summed E-state index contributed by atoms with van der Waals surface area (Å²) in [6, 6.07) is 0. The normalized spacial score (nSPS) is 21.2. The van der Waals surface area contributed by atoms with Gasteiger partial charge in [-0.2, -0.15) is 0 Å². The van der Waals surface area contributed by atoms with Crippen LogP contribution in [0.5, 0.6) is 0 Å². The number of carbonyl (C=O) groups excluding carboxylic acids is 4. The highest BCUT2D eigenvalue weighted by Gasteiger charge is 2.51. The predicted octanol–water partition coefficient (Wildman–Crippen LogP) is -0.150. The molecule has 1 fully saturated rings. The predicted molar refractivity (Wildman–Crippen MR) is 151 cm³/mol. The zero-order valence-electron chi connectivity index (χ0n) is 25.1. The first-order valence-corrected chi connectivity index (χ1v) is 14.1. The largest absolute Gasteiger partial charge is 0.463 e. The topological polar surface area (TPSA) is 179 Å². The molecule has 0 N–H and O–H groups in total. The van der Waals surface area contributed by atoms with Gasteiger partial charge in [-0.3, -0.25) is 28.3 Å². The molecule has 0 unspecified atom stereocenters. The minimum Gasteiger partial charge on any atom is -0.463 e. The Morgan fingerprint density at radius 3 is 2.27 bits per heavy atom. The number of nitrogens with zero attached hydrogens (tertiary/aromatic N) is 5. The number of fused-ring (bicyclic) bond motifs is 1. The van der Waals surface area contributed by atoms with Crippen LogP contribution in [0.4, 0.5) is 0 Å². The van der Waals surface area contributed by atoms with Gasteiger partial charge < -0.3 is 33.2 Å². The number of carbonyl (C=O) groups is 4. The Hall–Kier alpha value is -4.73. The van der Waals surface area contributed by atoms with E-state index in [1.165, 1.54) is 31.7 Å². The highest BCUT2D eigenvalue weighted by molar-refractivity contribution is 5.89. The molecule has 2 aliphatic rings. The Labute approximate surface area is 251 Å². The number of aromatic nitrogens is 4. The molecule has 2 aliphatic heterocycles. The summed E-state index contributed by atoms with van der Waals surface area (Å²) in [6.07, 6.45) is 2.05. The molecule has 4 atom stereocenters. The van der Waals surface area contributed by atoms with Gasteiger partial charge in [0.05, 0.1) is 25.0 Å². The van der Waals surface area contributed by atoms with E-state index in [9.17, 15) is 28.8 Å². The minimum absolute atomic E-state index is 0.0111. The lowest BCUT2D eigenvalue weighted by Crippen LogP contribution is -2.47. The maximum absolute atomic E-state index is 13.0. The van der Waals surface area contributed by atoms with Gasteiger partial charge in [-0.15, -0.1) is 0 Å². The van der Waals surface area contributed by atoms with Crippen molar-refractivity contribution in [1.82, 2.24) is 23.6 Å². The van der Waals surface area contributed by atoms with Gasteiger partial charge in [-0.05, 0) is 26.0 Å². The smallest absolute Gasteiger partial charge is 0.335 e. The molecule has 44 heavy (non-hydrogen) atoms. The molecule has 16 nitrogen and oxygen atoms in total. The van der Waals surface area contributed by atoms with E-state index in [-0.39, 0.29) is 49.6 Å². The zero-order valence-corrected chi connectivity index (χ0v) is 25.1. The fraction of sp³-hybridized carbons (Fsp3) is 0.536. The second-order valence-electron chi connectivity index (χ2n) is 10.0. The number of hydrogen-bond acceptors (Lipinski definition) is 13. The van der Waals surface area contributed by atoms with Gasteiger partial charge in [0.15, 0.2) is 29.6 Å². The van der Waals surface area contributed by atoms with Gasteiger partial charge in [0, 0.05) is 40.1 Å². The fourth-order valence-electron chi connectivity index (χ4n) is 5.14. The van der Waals surface area contributed by atoms with E-state index in [4.69, 9.17) is 23.7 Å². The van der Waals surface area contributed by atoms with E-state index in [0.29, 0.717) is 6.54 Å². The maximum atomic E-state index is 13.0. The van der Waals surface area contributed by atoms with Crippen LogP contribution in [-0.4, -0.2) is 91.8 Å². The first-order valence-electron chi connectivity index (χ1n) is 14.1. The molecule has 0 saturated carbocycles. The van der Waals surface area contributed by atoms with Crippen LogP contribution in [0.15, 0.2) is 39.8 Å². The van der Waals surface area contributed by atoms with Crippen LogP contribution >= 0.6 is 0 Å². The Balaban J connectivity index is 1.46. The molecular weight excluding hydrogens is 582 g/mol. The summed E-state index contributed by atoms with van der Waals surface area (Å²) in [5.41, 5.74) is -0.184. The molecule has 1 saturated heterocycles. The van der Waals surface area contributed by atoms with E-state index >= 15 is 0 Å². The number of imidazole rings is 1. The molecule has 4 rings (SSSR count). The van der Waals surface area contributed by atoms with E-state index in [2.05, 4.69) is 4.98 Å². The average molecular weight is 618 g/mol. The van der Waals surface area contributed by atoms with Gasteiger partial charge in [0.2, 0.25) is 0 Å². The number of rotatable bonds is 11. The van der Waals surface area contributed by atoms with Crippen molar-refractivity contribution < 1.29 is 42.9 Å². The quantitative estimate of drug-likeness (QED) is 0.240. The van der Waals surface area contributed by atoms with Crippen molar-refractivity contribution in [3.8, 4) is 0 Å². The fourth-order valence-corrected chi connectivity index (χ4v) is 5.14. The Morgan fingerprint density at radius 2 is 1.64 bits per heavy atom. The van der Waals surface area contributed by atoms with Crippen molar-refractivity contribution in [2.75, 3.05) is 19.8 Å². The van der Waals surface area contributed by atoms with Crippen molar-refractivity contribution >= 4 is 35.0 Å². The van der Waals surface area contributed by atoms with Gasteiger partial charge >= 0.3 is 29.6 Å². The summed E-state index contributed by atoms with van der Waals surface area (Å²) < 4.78 is 31.5. The Bertz CT molecular complexity index is 1620. The first-order chi connectivity index (χ1) is 21.0. The van der Waals surface area contributed by atoms with Crippen molar-refractivity contribution in [3.05, 3.63) is 51.1 Å². The molecule has 0 bridgehead atoms. The Morgan fingerprint density at radius 1 is 0.955 bits per heavy atom. The molecule has 0 radical (unpaired) electrons. The molecule has 2 aromatic heterocycles. The van der Waals surface area contributed by atoms with Crippen LogP contribution in [0.2, 0.25) is 0 Å². The molecule has 0 aromatic carbocycles. The third-order valence-electron chi connectivity index (χ3n) is 7.04. The van der Waals surface area contributed by atoms with Gasteiger partial charge in [-0.25, -0.2) is 14.6 Å². The molecule has 4 heterocycles. The SMILES string of the molecule is CCn1c(=O)c2c(ncn2CCOC(=O)C2=CC=CN([C@@H]3O[C@H](COC(C)=O)[C@@H](OC(C)=O)[C@H]3OC(C)=O)C2)n(CC)c1=O. The van der Waals surface area contributed by atoms with Crippen molar-refractivity contribution in [1.29, 1.82) is 0 Å². The standard InChI is InChI=1S/C28H35N5O11/c1-6-32-24-21(25(37)33(7-2)28(32)39)31(15-29-24)11-12-40-27(38)19-9-8-10-30(13-19)26-23(43-18(5)36)22(42-17(4)35)20(44-26)14-41-16(3)34/h8-10,15,20,22-23,26H,6-7,11-14H2,1-5H3/t20-,22-,23-,26-/m1/s1. The lowest BCUT2D eigenvalue weighted by Gasteiger charge is -2.32. The summed E-state index contributed by atoms with van der Waals surface area (Å²) in [5.74, 6) is -2.53. The number of allylic oxidation sites excluding steroid dienone is 2. The van der Waals surface area contributed by atoms with Crippen molar-refractivity contribution in [2.24, 2.45) is 0 Å². The molecule has 238 valence electrons. The third kappa shape index (κ3) is 6.74. The minimum atomic E-state index is -1.10. The second kappa shape index (κ2) is 13.7. The third-order valence-corrected chi connectivity index (χ3v) is 7.04. The second-order valence-corrected chi connectivity index (χ2v) is 10.0. The van der Waals surface area contributed by atoms with E-state index < -0.39 is 59.7 Å². The maximum Gasteiger partial charge on any atom is 0.335 e. The number of hydrogen-bond donors (Lipinski definition) is 0. The summed E-state index contributed by atoms with van der Waals surface area (Å²) in [6.45, 7) is 7.34. The van der Waals surface area contributed by atoms with E-state index in [1.807, 2.05) is 0 Å². The van der Waals surface area contributed by atoms with Crippen LogP contribution in [0.1, 0.15) is 34.6 Å². The van der Waals surface area contributed by atoms with E-state index in [1.54, 1.807) is 41.7 Å². The van der Waals surface area contributed by atoms with Gasteiger partial charge in [-0.1, -0.05) is 0 Å². The van der Waals surface area contributed by atoms with Crippen LogP contribution in [0, 0.1) is 0 Å². The summed E-state index contributed by atoms with van der Waals surface area (Å²) in [4.78, 5) is 79.6. The Kier molecular flexibility index (Phi) is 10.0. The van der Waals surface area contributed by atoms with Crippen LogP contribution in [0.25, 0.3) is 11.2 Å². The lowest BCUT2D eigenvalue weighted by atomic mass is 10.1. The lowest BCUT2D eigenvalue weighted by molar-refractivity contribution is -0.167. The van der Waals surface area contributed by atoms with Crippen LogP contribution in [-0.2, 0) is 62.5 Å². The molecule has 0 amide bonds. The van der Waals surface area contributed by atoms with Crippen molar-refractivity contribution in [3.63, 3.8) is 0 Å². The monoisotopic (exact) mass is 617 g/mol. The molecule has 0 aliphatic carbocycles. The molecule has 0 spiro atoms. The van der Waals surface area contributed by atoms with Gasteiger partial charge in [0.1, 0.15) is 19.3 Å². The molecule has 16 heteroatoms. The average Bonchev–Trinajstić information content (AvgIpc) is 3.53.